The molecule has 22 heteroatoms. The van der Waals surface area contributed by atoms with Gasteiger partial charge in [-0.15, -0.1) is 35.1 Å². The molecule has 2 aromatic carbocycles. The second kappa shape index (κ2) is 19.7. The summed E-state index contributed by atoms with van der Waals surface area (Å²) in [7, 11) is 0. The van der Waals surface area contributed by atoms with Crippen LogP contribution < -0.4 is 32.4 Å². The molecule has 6 heterocycles. The lowest BCUT2D eigenvalue weighted by Gasteiger charge is -2.13. The summed E-state index contributed by atoms with van der Waals surface area (Å²) in [4.78, 5) is 74.4. The fraction of sp³-hybridized carbons (Fsp3) is 0.316. The highest BCUT2D eigenvalue weighted by atomic mass is 35.5. The smallest absolute Gasteiger partial charge is 0.420 e. The predicted molar refractivity (Wildman–Crippen MR) is 234 cm³/mol. The zero-order valence-electron chi connectivity index (χ0n) is 32.2. The monoisotopic (exact) mass is 942 g/mol. The first kappa shape index (κ1) is 46.2. The fourth-order valence-corrected chi connectivity index (χ4v) is 8.22. The van der Waals surface area contributed by atoms with Crippen molar-refractivity contribution >= 4 is 127 Å². The molecule has 2 aliphatic rings. The van der Waals surface area contributed by atoms with Gasteiger partial charge >= 0.3 is 23.7 Å². The highest BCUT2D eigenvalue weighted by molar-refractivity contribution is 7.19. The molecule has 320 valence electrons. The summed E-state index contributed by atoms with van der Waals surface area (Å²) < 4.78 is 25.3. The van der Waals surface area contributed by atoms with Gasteiger partial charge in [0.1, 0.15) is 12.2 Å². The lowest BCUT2D eigenvalue weighted by atomic mass is 10.2. The number of benzene rings is 2. The molecule has 2 saturated heterocycles. The van der Waals surface area contributed by atoms with Gasteiger partial charge < -0.3 is 29.4 Å². The van der Waals surface area contributed by atoms with E-state index in [-0.39, 0.29) is 56.1 Å². The average Bonchev–Trinajstić information content (AvgIpc) is 4.04. The van der Waals surface area contributed by atoms with E-state index < -0.39 is 35.0 Å². The number of carbonyl (C=O) groups is 4. The van der Waals surface area contributed by atoms with Gasteiger partial charge in [0.25, 0.3) is 11.1 Å². The molecular formula is C38H38Cl4N6O10S2. The van der Waals surface area contributed by atoms with Gasteiger partial charge in [-0.05, 0) is 87.8 Å². The molecule has 3 N–H and O–H groups in total. The maximum Gasteiger partial charge on any atom is 0.420 e. The van der Waals surface area contributed by atoms with Gasteiger partial charge in [-0.25, -0.2) is 19.2 Å². The van der Waals surface area contributed by atoms with Gasteiger partial charge in [0.2, 0.25) is 0 Å². The standard InChI is InChI=1S/C19H18ClN3O5S.C14H17N3O4.C5H2Cl2OS.ClH/c1-10(2)23-13-4-3-11(7-14(13)28-19(23)26)22-9-12(27-18(22)25)8-21-17(24)15-5-6-16(20)29-15;1-8(2)17-11-4-3-9(5-12(11)21-14(17)19)16-7-10(6-15)20-13(16)18;6-4-2-1-3(9-4)5(7)8;/h3-7,10,12H,8-9H2,1-2H3,(H,21,24);3-5,8,10H,6-7,15H2,1-2H3;1-2H;1H/t12-;10-;;/m00../s1. The van der Waals surface area contributed by atoms with Crippen molar-refractivity contribution in [3.05, 3.63) is 100 Å². The summed E-state index contributed by atoms with van der Waals surface area (Å²) >= 11 is 18.8. The Kier molecular flexibility index (Phi) is 15.2. The molecule has 0 aliphatic carbocycles. The molecule has 3 amide bonds. The van der Waals surface area contributed by atoms with E-state index in [0.717, 1.165) is 0 Å². The molecular weight excluding hydrogens is 906 g/mol. The van der Waals surface area contributed by atoms with E-state index in [0.29, 0.717) is 58.5 Å². The summed E-state index contributed by atoms with van der Waals surface area (Å²) in [6.45, 7) is 8.74. The molecule has 8 rings (SSSR count). The SMILES string of the molecule is CC(C)n1c(=O)oc2cc(N3C[C@H](CN)OC3=O)ccc21.CC(C)n1c(=O)oc2cc(N3C[C@H](CNC(=O)c4ccc(Cl)s4)OC3=O)ccc21.Cl.O=C(Cl)c1ccc(Cl)s1. The third-order valence-corrected chi connectivity index (χ3v) is 11.7. The summed E-state index contributed by atoms with van der Waals surface area (Å²) in [5, 5.41) is 2.29. The Bertz CT molecular complexity index is 2650. The topological polar surface area (TPSA) is 202 Å². The predicted octanol–water partition coefficient (Wildman–Crippen LogP) is 8.31. The molecule has 2 aliphatic heterocycles. The van der Waals surface area contributed by atoms with Crippen molar-refractivity contribution in [1.29, 1.82) is 0 Å². The Hall–Kier alpha value is -4.82. The Balaban J connectivity index is 0.000000192. The minimum atomic E-state index is -0.520. The van der Waals surface area contributed by atoms with Crippen LogP contribution in [0.1, 0.15) is 59.1 Å². The van der Waals surface area contributed by atoms with E-state index in [1.54, 1.807) is 69.8 Å². The van der Waals surface area contributed by atoms with E-state index in [9.17, 15) is 28.8 Å². The van der Waals surface area contributed by atoms with Crippen LogP contribution in [0.5, 0.6) is 0 Å². The number of nitrogens with one attached hydrogen (secondary N) is 1. The van der Waals surface area contributed by atoms with Crippen LogP contribution in [-0.4, -0.2) is 70.9 Å². The molecule has 2 fully saturated rings. The summed E-state index contributed by atoms with van der Waals surface area (Å²) in [5.41, 5.74) is 8.94. The number of cyclic esters (lactones) is 2. The molecule has 0 unspecified atom stereocenters. The molecule has 2 atom stereocenters. The fourth-order valence-electron chi connectivity index (χ4n) is 6.21. The number of rotatable bonds is 9. The van der Waals surface area contributed by atoms with Crippen LogP contribution in [0.2, 0.25) is 8.67 Å². The van der Waals surface area contributed by atoms with Crippen LogP contribution in [0.25, 0.3) is 22.2 Å². The van der Waals surface area contributed by atoms with Crippen LogP contribution in [0, 0.1) is 0 Å². The minimum Gasteiger partial charge on any atom is -0.443 e. The van der Waals surface area contributed by atoms with E-state index in [4.69, 9.17) is 58.8 Å². The quantitative estimate of drug-likeness (QED) is 0.132. The number of carbonyl (C=O) groups excluding carboxylic acids is 4. The van der Waals surface area contributed by atoms with Gasteiger partial charge in [-0.2, -0.15) is 0 Å². The number of hydrogen-bond acceptors (Lipinski definition) is 13. The minimum absolute atomic E-state index is 0. The molecule has 6 aromatic rings. The second-order valence-electron chi connectivity index (χ2n) is 13.6. The van der Waals surface area contributed by atoms with E-state index in [1.165, 1.54) is 32.5 Å². The Labute approximate surface area is 370 Å². The lowest BCUT2D eigenvalue weighted by molar-refractivity contribution is 0.0919. The molecule has 0 radical (unpaired) electrons. The maximum atomic E-state index is 12.3. The normalized spacial score (nSPS) is 16.0. The maximum absolute atomic E-state index is 12.3. The first-order chi connectivity index (χ1) is 28.0. The highest BCUT2D eigenvalue weighted by Crippen LogP contribution is 2.29. The third kappa shape index (κ3) is 10.4. The Morgan fingerprint density at radius 2 is 1.18 bits per heavy atom. The summed E-state index contributed by atoms with van der Waals surface area (Å²) in [6.07, 6.45) is -1.76. The number of hydrogen-bond donors (Lipinski definition) is 2. The van der Waals surface area contributed by atoms with Gasteiger partial charge in [-0.3, -0.25) is 28.5 Å². The van der Waals surface area contributed by atoms with Gasteiger partial charge in [0, 0.05) is 30.8 Å². The number of oxazole rings is 2. The molecule has 0 saturated carbocycles. The van der Waals surface area contributed by atoms with Crippen molar-refractivity contribution in [3.63, 3.8) is 0 Å². The first-order valence-electron chi connectivity index (χ1n) is 18.0. The number of aromatic nitrogens is 2. The number of ether oxygens (including phenoxy) is 2. The number of fused-ring (bicyclic) bond motifs is 2. The van der Waals surface area contributed by atoms with Crippen LogP contribution in [0.4, 0.5) is 21.0 Å². The van der Waals surface area contributed by atoms with Crippen LogP contribution in [-0.2, 0) is 9.47 Å². The van der Waals surface area contributed by atoms with Crippen LogP contribution >= 0.6 is 69.9 Å². The van der Waals surface area contributed by atoms with Gasteiger partial charge in [-0.1, -0.05) is 23.2 Å². The highest BCUT2D eigenvalue weighted by Gasteiger charge is 2.34. The number of anilines is 2. The summed E-state index contributed by atoms with van der Waals surface area (Å²) in [5.74, 6) is -1.11. The summed E-state index contributed by atoms with van der Waals surface area (Å²) in [6, 6.07) is 16.9. The number of halogens is 4. The van der Waals surface area contributed by atoms with Crippen LogP contribution in [0.15, 0.2) is 79.1 Å². The Morgan fingerprint density at radius 3 is 1.57 bits per heavy atom. The number of thiophene rings is 2. The first-order valence-corrected chi connectivity index (χ1v) is 20.8. The average molecular weight is 945 g/mol. The van der Waals surface area contributed by atoms with Gasteiger partial charge in [0.05, 0.1) is 60.5 Å². The van der Waals surface area contributed by atoms with E-state index >= 15 is 0 Å². The van der Waals surface area contributed by atoms with Crippen molar-refractivity contribution in [1.82, 2.24) is 14.5 Å². The molecule has 4 aromatic heterocycles. The molecule has 0 spiro atoms. The van der Waals surface area contributed by atoms with E-state index in [1.807, 2.05) is 27.7 Å². The zero-order valence-corrected chi connectivity index (χ0v) is 36.9. The third-order valence-electron chi connectivity index (χ3n) is 8.92. The number of nitrogens with two attached hydrogens (primary N) is 1. The molecule has 0 bridgehead atoms. The number of amides is 3. The molecule has 60 heavy (non-hydrogen) atoms. The largest absolute Gasteiger partial charge is 0.443 e. The molecule has 16 nitrogen and oxygen atoms in total. The van der Waals surface area contributed by atoms with Crippen molar-refractivity contribution in [3.8, 4) is 0 Å². The van der Waals surface area contributed by atoms with Gasteiger partial charge in [0.15, 0.2) is 11.2 Å². The van der Waals surface area contributed by atoms with Crippen molar-refractivity contribution in [2.45, 2.75) is 52.0 Å². The van der Waals surface area contributed by atoms with Crippen molar-refractivity contribution < 1.29 is 37.5 Å². The van der Waals surface area contributed by atoms with Crippen LogP contribution in [0.3, 0.4) is 0 Å². The number of nitrogens with zero attached hydrogens (tertiary/aromatic N) is 4. The van der Waals surface area contributed by atoms with E-state index in [2.05, 4.69) is 5.32 Å². The van der Waals surface area contributed by atoms with Crippen molar-refractivity contribution in [2.75, 3.05) is 36.0 Å². The second-order valence-corrected chi connectivity index (χ2v) is 17.4. The Morgan fingerprint density at radius 1 is 0.733 bits per heavy atom. The zero-order chi connectivity index (χ0) is 42.7. The lowest BCUT2D eigenvalue weighted by Crippen LogP contribution is -2.34. The van der Waals surface area contributed by atoms with Crippen molar-refractivity contribution in [2.24, 2.45) is 5.73 Å².